The number of nitriles is 1. The van der Waals surface area contributed by atoms with Crippen LogP contribution < -0.4 is 11.1 Å². The molecule has 96 valence electrons. The van der Waals surface area contributed by atoms with Gasteiger partial charge in [-0.25, -0.2) is 0 Å². The Morgan fingerprint density at radius 1 is 1.42 bits per heavy atom. The maximum absolute atomic E-state index is 11.1. The predicted molar refractivity (Wildman–Crippen MR) is 70.7 cm³/mol. The first-order valence-corrected chi connectivity index (χ1v) is 5.80. The highest BCUT2D eigenvalue weighted by molar-refractivity contribution is 6.33. The third-order valence-corrected chi connectivity index (χ3v) is 2.81. The van der Waals surface area contributed by atoms with Crippen molar-refractivity contribution >= 4 is 23.2 Å². The molecular weight excluding hydrogens is 266 g/mol. The molecule has 1 amide bonds. The number of halogens is 1. The summed E-state index contributed by atoms with van der Waals surface area (Å²) in [5.41, 5.74) is 6.14. The molecule has 0 bridgehead atoms. The van der Waals surface area contributed by atoms with Crippen molar-refractivity contribution in [2.45, 2.75) is 6.54 Å². The molecule has 0 spiro atoms. The summed E-state index contributed by atoms with van der Waals surface area (Å²) in [7, 11) is 0. The number of carbonyl (C=O) groups excluding carboxylic acids is 1. The van der Waals surface area contributed by atoms with E-state index in [0.29, 0.717) is 28.6 Å². The fourth-order valence-corrected chi connectivity index (χ4v) is 1.71. The lowest BCUT2D eigenvalue weighted by Crippen LogP contribution is -2.11. The van der Waals surface area contributed by atoms with Gasteiger partial charge in [-0.1, -0.05) is 11.6 Å². The maximum Gasteiger partial charge on any atom is 0.248 e. The Bertz CT molecular complexity index is 658. The molecule has 0 aliphatic rings. The molecule has 5 nitrogen and oxygen atoms in total. The first-order chi connectivity index (χ1) is 9.10. The summed E-state index contributed by atoms with van der Waals surface area (Å²) in [5, 5.41) is 12.1. The number of nitrogens with two attached hydrogens (primary N) is 1. The summed E-state index contributed by atoms with van der Waals surface area (Å²) >= 11 is 6.00. The van der Waals surface area contributed by atoms with Gasteiger partial charge in [-0.2, -0.15) is 5.26 Å². The van der Waals surface area contributed by atoms with E-state index in [4.69, 9.17) is 27.0 Å². The number of hydrogen-bond donors (Lipinski definition) is 2. The fourth-order valence-electron chi connectivity index (χ4n) is 1.53. The van der Waals surface area contributed by atoms with Crippen molar-refractivity contribution in [1.82, 2.24) is 0 Å². The normalized spacial score (nSPS) is 9.89. The highest BCUT2D eigenvalue weighted by Crippen LogP contribution is 2.23. The zero-order chi connectivity index (χ0) is 13.8. The SMILES string of the molecule is N#Cc1ccc(CNc2cc(C(N)=O)ccc2Cl)o1. The number of rotatable bonds is 4. The fraction of sp³-hybridized carbons (Fsp3) is 0.0769. The first kappa shape index (κ1) is 13.0. The molecule has 1 aromatic heterocycles. The van der Waals surface area contributed by atoms with E-state index in [0.717, 1.165) is 0 Å². The molecule has 1 heterocycles. The van der Waals surface area contributed by atoms with Gasteiger partial charge in [0.25, 0.3) is 0 Å². The van der Waals surface area contributed by atoms with Crippen molar-refractivity contribution in [3.8, 4) is 6.07 Å². The van der Waals surface area contributed by atoms with Gasteiger partial charge in [-0.05, 0) is 30.3 Å². The molecule has 2 aromatic rings. The van der Waals surface area contributed by atoms with Crippen LogP contribution in [-0.2, 0) is 6.54 Å². The molecule has 3 N–H and O–H groups in total. The number of furan rings is 1. The van der Waals surface area contributed by atoms with Crippen molar-refractivity contribution in [2.24, 2.45) is 5.73 Å². The van der Waals surface area contributed by atoms with E-state index in [2.05, 4.69) is 5.32 Å². The summed E-state index contributed by atoms with van der Waals surface area (Å²) in [6.07, 6.45) is 0. The van der Waals surface area contributed by atoms with Crippen molar-refractivity contribution < 1.29 is 9.21 Å². The minimum Gasteiger partial charge on any atom is -0.449 e. The molecule has 0 unspecified atom stereocenters. The lowest BCUT2D eigenvalue weighted by Gasteiger charge is -2.08. The van der Waals surface area contributed by atoms with Crippen LogP contribution in [0, 0.1) is 11.3 Å². The molecule has 0 atom stereocenters. The van der Waals surface area contributed by atoms with Crippen LogP contribution in [0.2, 0.25) is 5.02 Å². The second-order valence-corrected chi connectivity index (χ2v) is 4.20. The topological polar surface area (TPSA) is 92.0 Å². The summed E-state index contributed by atoms with van der Waals surface area (Å²) < 4.78 is 5.21. The quantitative estimate of drug-likeness (QED) is 0.897. The lowest BCUT2D eigenvalue weighted by molar-refractivity contribution is 0.100. The van der Waals surface area contributed by atoms with Gasteiger partial charge < -0.3 is 15.5 Å². The predicted octanol–water partition coefficient (Wildman–Crippen LogP) is 2.52. The second-order valence-electron chi connectivity index (χ2n) is 3.79. The molecule has 0 radical (unpaired) electrons. The van der Waals surface area contributed by atoms with Crippen LogP contribution in [0.5, 0.6) is 0 Å². The summed E-state index contributed by atoms with van der Waals surface area (Å²) in [6, 6.07) is 9.88. The number of primary amides is 1. The van der Waals surface area contributed by atoms with Crippen molar-refractivity contribution in [2.75, 3.05) is 5.32 Å². The first-order valence-electron chi connectivity index (χ1n) is 5.42. The van der Waals surface area contributed by atoms with E-state index >= 15 is 0 Å². The molecule has 0 aliphatic carbocycles. The number of hydrogen-bond acceptors (Lipinski definition) is 4. The van der Waals surface area contributed by atoms with Crippen LogP contribution in [0.25, 0.3) is 0 Å². The zero-order valence-corrected chi connectivity index (χ0v) is 10.6. The van der Waals surface area contributed by atoms with Gasteiger partial charge in [0.15, 0.2) is 0 Å². The average Bonchev–Trinajstić information content (AvgIpc) is 2.85. The number of amides is 1. The van der Waals surface area contributed by atoms with E-state index in [1.54, 1.807) is 30.3 Å². The van der Waals surface area contributed by atoms with Crippen LogP contribution in [0.3, 0.4) is 0 Å². The van der Waals surface area contributed by atoms with E-state index < -0.39 is 5.91 Å². The van der Waals surface area contributed by atoms with Crippen molar-refractivity contribution in [3.63, 3.8) is 0 Å². The van der Waals surface area contributed by atoms with Crippen LogP contribution in [0.15, 0.2) is 34.7 Å². The van der Waals surface area contributed by atoms with Crippen LogP contribution in [0.1, 0.15) is 21.9 Å². The molecule has 0 saturated heterocycles. The Balaban J connectivity index is 2.12. The van der Waals surface area contributed by atoms with Gasteiger partial charge in [-0.15, -0.1) is 0 Å². The molecule has 2 rings (SSSR count). The molecule has 0 fully saturated rings. The Morgan fingerprint density at radius 3 is 2.84 bits per heavy atom. The van der Waals surface area contributed by atoms with Crippen LogP contribution >= 0.6 is 11.6 Å². The van der Waals surface area contributed by atoms with Gasteiger partial charge >= 0.3 is 0 Å². The minimum absolute atomic E-state index is 0.244. The Hall–Kier alpha value is -2.45. The van der Waals surface area contributed by atoms with E-state index in [1.165, 1.54) is 0 Å². The summed E-state index contributed by atoms with van der Waals surface area (Å²) in [5.74, 6) is 0.315. The molecule has 19 heavy (non-hydrogen) atoms. The molecule has 1 aromatic carbocycles. The third-order valence-electron chi connectivity index (χ3n) is 2.48. The Labute approximate surface area is 114 Å². The van der Waals surface area contributed by atoms with Crippen molar-refractivity contribution in [3.05, 3.63) is 52.4 Å². The number of anilines is 1. The van der Waals surface area contributed by atoms with Crippen LogP contribution in [-0.4, -0.2) is 5.91 Å². The van der Waals surface area contributed by atoms with Gasteiger partial charge in [0.1, 0.15) is 11.8 Å². The summed E-state index contributed by atoms with van der Waals surface area (Å²) in [4.78, 5) is 11.1. The van der Waals surface area contributed by atoms with Crippen molar-refractivity contribution in [1.29, 1.82) is 5.26 Å². The highest BCUT2D eigenvalue weighted by atomic mass is 35.5. The van der Waals surface area contributed by atoms with E-state index in [9.17, 15) is 4.79 Å². The minimum atomic E-state index is -0.524. The van der Waals surface area contributed by atoms with E-state index in [1.807, 2.05) is 6.07 Å². The Morgan fingerprint density at radius 2 is 2.21 bits per heavy atom. The van der Waals surface area contributed by atoms with Gasteiger partial charge in [0.05, 0.1) is 17.3 Å². The number of benzene rings is 1. The van der Waals surface area contributed by atoms with Gasteiger partial charge in [-0.3, -0.25) is 4.79 Å². The number of nitrogens with one attached hydrogen (secondary N) is 1. The third kappa shape index (κ3) is 3.06. The van der Waals surface area contributed by atoms with Gasteiger partial charge in [0, 0.05) is 5.56 Å². The number of nitrogens with zero attached hydrogens (tertiary/aromatic N) is 1. The average molecular weight is 276 g/mol. The molecule has 0 saturated carbocycles. The smallest absolute Gasteiger partial charge is 0.248 e. The largest absolute Gasteiger partial charge is 0.449 e. The van der Waals surface area contributed by atoms with E-state index in [-0.39, 0.29) is 5.76 Å². The molecular formula is C13H10ClN3O2. The highest BCUT2D eigenvalue weighted by Gasteiger charge is 2.07. The summed E-state index contributed by atoms with van der Waals surface area (Å²) in [6.45, 7) is 0.351. The Kier molecular flexibility index (Phi) is 3.74. The molecule has 6 heteroatoms. The maximum atomic E-state index is 11.1. The lowest BCUT2D eigenvalue weighted by atomic mass is 10.2. The monoisotopic (exact) mass is 275 g/mol. The second kappa shape index (κ2) is 5.46. The molecule has 0 aliphatic heterocycles. The van der Waals surface area contributed by atoms with Gasteiger partial charge in [0.2, 0.25) is 11.7 Å². The standard InChI is InChI=1S/C13H10ClN3O2/c14-11-4-1-8(13(16)18)5-12(11)17-7-10-3-2-9(6-15)19-10/h1-5,17H,7H2,(H2,16,18). The number of carbonyl (C=O) groups is 1. The zero-order valence-electron chi connectivity index (χ0n) is 9.81. The van der Waals surface area contributed by atoms with Crippen LogP contribution in [0.4, 0.5) is 5.69 Å².